The van der Waals surface area contributed by atoms with Gasteiger partial charge in [-0.3, -0.25) is 14.4 Å². The highest BCUT2D eigenvalue weighted by Gasteiger charge is 2.40. The molecule has 2 aromatic rings. The summed E-state index contributed by atoms with van der Waals surface area (Å²) < 4.78 is 5.29. The van der Waals surface area contributed by atoms with Crippen LogP contribution in [0.15, 0.2) is 28.8 Å². The molecule has 144 valence electrons. The summed E-state index contributed by atoms with van der Waals surface area (Å²) in [6.45, 7) is 5.27. The van der Waals surface area contributed by atoms with Crippen LogP contribution in [0.1, 0.15) is 25.3 Å². The highest BCUT2D eigenvalue weighted by Crippen LogP contribution is 2.22. The van der Waals surface area contributed by atoms with E-state index in [9.17, 15) is 9.59 Å². The second-order valence-electron chi connectivity index (χ2n) is 6.20. The van der Waals surface area contributed by atoms with Crippen LogP contribution in [0.3, 0.4) is 0 Å². The lowest BCUT2D eigenvalue weighted by molar-refractivity contribution is -0.159. The van der Waals surface area contributed by atoms with Crippen LogP contribution in [0.2, 0.25) is 0 Å². The second kappa shape index (κ2) is 8.43. The summed E-state index contributed by atoms with van der Waals surface area (Å²) in [6, 6.07) is 6.69. The van der Waals surface area contributed by atoms with E-state index in [1.807, 2.05) is 31.2 Å². The van der Waals surface area contributed by atoms with E-state index in [4.69, 9.17) is 14.4 Å². The Hall–Kier alpha value is -3.23. The van der Waals surface area contributed by atoms with E-state index < -0.39 is 12.1 Å². The topological polar surface area (TPSA) is 117 Å². The summed E-state index contributed by atoms with van der Waals surface area (Å²) >= 11 is 0. The monoisotopic (exact) mass is 374 g/mol. The minimum atomic E-state index is -0.549. The molecule has 1 aliphatic rings. The molecule has 2 amide bonds. The van der Waals surface area contributed by atoms with Crippen molar-refractivity contribution in [3.8, 4) is 11.4 Å². The van der Waals surface area contributed by atoms with Gasteiger partial charge in [0.1, 0.15) is 18.6 Å². The molecular weight excluding hydrogens is 352 g/mol. The quantitative estimate of drug-likeness (QED) is 0.805. The number of amides is 2. The average molecular weight is 374 g/mol. The number of carbonyl (C=O) groups excluding carboxylic acids is 2. The minimum Gasteiger partial charge on any atom is -0.483 e. The van der Waals surface area contributed by atoms with Gasteiger partial charge in [-0.2, -0.15) is 4.98 Å². The van der Waals surface area contributed by atoms with Crippen LogP contribution in [0, 0.1) is 6.92 Å². The molecule has 1 saturated heterocycles. The van der Waals surface area contributed by atoms with Crippen molar-refractivity contribution in [3.05, 3.63) is 35.7 Å². The number of piperazine rings is 1. The third-order valence-electron chi connectivity index (χ3n) is 4.55. The van der Waals surface area contributed by atoms with Gasteiger partial charge < -0.3 is 19.4 Å². The molecule has 27 heavy (non-hydrogen) atoms. The van der Waals surface area contributed by atoms with Gasteiger partial charge in [-0.25, -0.2) is 0 Å². The Morgan fingerprint density at radius 3 is 2.44 bits per heavy atom. The molecule has 0 aliphatic carbocycles. The predicted molar refractivity (Wildman–Crippen MR) is 95.4 cm³/mol. The summed E-state index contributed by atoms with van der Waals surface area (Å²) in [4.78, 5) is 40.4. The van der Waals surface area contributed by atoms with Gasteiger partial charge in [-0.1, -0.05) is 29.4 Å². The number of benzene rings is 1. The van der Waals surface area contributed by atoms with Gasteiger partial charge in [-0.05, 0) is 26.3 Å². The molecule has 1 aromatic heterocycles. The number of aromatic nitrogens is 2. The smallest absolute Gasteiger partial charge is 0.290 e. The van der Waals surface area contributed by atoms with Crippen molar-refractivity contribution in [1.29, 1.82) is 0 Å². The zero-order chi connectivity index (χ0) is 20.1. The van der Waals surface area contributed by atoms with E-state index in [-0.39, 0.29) is 24.8 Å². The highest BCUT2D eigenvalue weighted by atomic mass is 16.5. The summed E-state index contributed by atoms with van der Waals surface area (Å²) in [5.74, 6) is 0.579. The minimum absolute atomic E-state index is 0.0965. The van der Waals surface area contributed by atoms with Crippen LogP contribution in [-0.4, -0.2) is 62.5 Å². The fraction of sp³-hybridized carbons (Fsp3) is 0.389. The number of hydrogen-bond acceptors (Lipinski definition) is 6. The summed E-state index contributed by atoms with van der Waals surface area (Å²) in [5, 5.41) is 10.9. The molecule has 1 aromatic carbocycles. The number of hydrogen-bond donors (Lipinski definition) is 1. The standard InChI is InChI=1S/C17H20N4O3.CH2O2/c1-10-7-5-6-8-13(10)15-18-14(24-19-15)9-21-12(3)16(22)20(4)11(2)17(21)23;2-1-3/h5-8,11-12H,9H2,1-4H3;1H,(H,2,3)/t11-,12-;/m0./s1. The molecule has 1 fully saturated rings. The lowest BCUT2D eigenvalue weighted by Crippen LogP contribution is -2.61. The van der Waals surface area contributed by atoms with E-state index in [2.05, 4.69) is 10.1 Å². The fourth-order valence-electron chi connectivity index (χ4n) is 2.83. The largest absolute Gasteiger partial charge is 0.483 e. The van der Waals surface area contributed by atoms with Crippen LogP contribution in [0.5, 0.6) is 0 Å². The van der Waals surface area contributed by atoms with Crippen molar-refractivity contribution >= 4 is 18.3 Å². The maximum absolute atomic E-state index is 12.5. The number of carboxylic acid groups (broad SMARTS) is 1. The zero-order valence-electron chi connectivity index (χ0n) is 15.6. The molecule has 1 aliphatic heterocycles. The number of carbonyl (C=O) groups is 3. The maximum atomic E-state index is 12.5. The Bertz CT molecular complexity index is 835. The molecule has 0 radical (unpaired) electrons. The molecular formula is C18H22N4O5. The van der Waals surface area contributed by atoms with Crippen molar-refractivity contribution < 1.29 is 24.0 Å². The zero-order valence-corrected chi connectivity index (χ0v) is 15.6. The normalized spacial score (nSPS) is 19.6. The van der Waals surface area contributed by atoms with Gasteiger partial charge >= 0.3 is 0 Å². The molecule has 3 rings (SSSR count). The van der Waals surface area contributed by atoms with E-state index in [0.717, 1.165) is 11.1 Å². The molecule has 1 N–H and O–H groups in total. The maximum Gasteiger partial charge on any atom is 0.290 e. The number of rotatable bonds is 3. The lowest BCUT2D eigenvalue weighted by atomic mass is 10.1. The van der Waals surface area contributed by atoms with Crippen molar-refractivity contribution in [3.63, 3.8) is 0 Å². The van der Waals surface area contributed by atoms with Crippen LogP contribution >= 0.6 is 0 Å². The van der Waals surface area contributed by atoms with Crippen molar-refractivity contribution in [2.45, 2.75) is 39.4 Å². The predicted octanol–water partition coefficient (Wildman–Crippen LogP) is 1.32. The van der Waals surface area contributed by atoms with Crippen LogP contribution in [0.25, 0.3) is 11.4 Å². The van der Waals surface area contributed by atoms with Gasteiger partial charge in [0, 0.05) is 12.6 Å². The van der Waals surface area contributed by atoms with E-state index in [0.29, 0.717) is 11.7 Å². The Balaban J connectivity index is 0.000000817. The first kappa shape index (κ1) is 20.1. The van der Waals surface area contributed by atoms with E-state index in [1.165, 1.54) is 9.80 Å². The average Bonchev–Trinajstić information content (AvgIpc) is 3.11. The van der Waals surface area contributed by atoms with Crippen LogP contribution < -0.4 is 0 Å². The van der Waals surface area contributed by atoms with Crippen molar-refractivity contribution in [1.82, 2.24) is 19.9 Å². The first-order valence-electron chi connectivity index (χ1n) is 8.35. The summed E-state index contributed by atoms with van der Waals surface area (Å²) in [5.41, 5.74) is 1.92. The molecule has 0 unspecified atom stereocenters. The molecule has 0 saturated carbocycles. The highest BCUT2D eigenvalue weighted by molar-refractivity contribution is 5.96. The summed E-state index contributed by atoms with van der Waals surface area (Å²) in [7, 11) is 1.64. The Morgan fingerprint density at radius 2 is 1.81 bits per heavy atom. The number of nitrogens with zero attached hydrogens (tertiary/aromatic N) is 4. The molecule has 2 heterocycles. The van der Waals surface area contributed by atoms with Crippen molar-refractivity contribution in [2.24, 2.45) is 0 Å². The Labute approximate surface area is 156 Å². The Morgan fingerprint density at radius 1 is 1.19 bits per heavy atom. The van der Waals surface area contributed by atoms with Gasteiger partial charge in [0.25, 0.3) is 6.47 Å². The molecule has 2 atom stereocenters. The summed E-state index contributed by atoms with van der Waals surface area (Å²) in [6.07, 6.45) is 0. The van der Waals surface area contributed by atoms with E-state index in [1.54, 1.807) is 20.9 Å². The van der Waals surface area contributed by atoms with Gasteiger partial charge in [0.2, 0.25) is 23.5 Å². The fourth-order valence-corrected chi connectivity index (χ4v) is 2.83. The number of likely N-dealkylation sites (N-methyl/N-ethyl adjacent to an activating group) is 1. The van der Waals surface area contributed by atoms with Crippen LogP contribution in [-0.2, 0) is 20.9 Å². The molecule has 0 bridgehead atoms. The molecule has 9 nitrogen and oxygen atoms in total. The van der Waals surface area contributed by atoms with Gasteiger partial charge in [-0.15, -0.1) is 0 Å². The van der Waals surface area contributed by atoms with Gasteiger partial charge in [0.05, 0.1) is 0 Å². The third-order valence-corrected chi connectivity index (χ3v) is 4.55. The van der Waals surface area contributed by atoms with Crippen LogP contribution in [0.4, 0.5) is 0 Å². The lowest BCUT2D eigenvalue weighted by Gasteiger charge is -2.40. The third kappa shape index (κ3) is 4.13. The van der Waals surface area contributed by atoms with Gasteiger partial charge in [0.15, 0.2) is 0 Å². The number of aryl methyl sites for hydroxylation is 1. The molecule has 0 spiro atoms. The first-order valence-corrected chi connectivity index (χ1v) is 8.35. The SMILES string of the molecule is Cc1ccccc1-c1noc(CN2C(=O)[C@H](C)N(C)C(=O)[C@@H]2C)n1.O=CO. The second-order valence-corrected chi connectivity index (χ2v) is 6.20. The molecule has 9 heteroatoms. The Kier molecular flexibility index (Phi) is 6.27. The van der Waals surface area contributed by atoms with E-state index >= 15 is 0 Å². The first-order chi connectivity index (χ1) is 12.8. The van der Waals surface area contributed by atoms with Crippen molar-refractivity contribution in [2.75, 3.05) is 7.05 Å².